The molecule has 0 unspecified atom stereocenters. The molecule has 4 rings (SSSR count). The lowest BCUT2D eigenvalue weighted by Crippen LogP contribution is -2.32. The predicted molar refractivity (Wildman–Crippen MR) is 93.7 cm³/mol. The lowest BCUT2D eigenvalue weighted by Gasteiger charge is -2.32. The van der Waals surface area contributed by atoms with Crippen molar-refractivity contribution in [1.29, 1.82) is 0 Å². The molecule has 1 aliphatic heterocycles. The minimum absolute atomic E-state index is 0.579. The first-order chi connectivity index (χ1) is 11.3. The Labute approximate surface area is 139 Å². The summed E-state index contributed by atoms with van der Waals surface area (Å²) < 4.78 is 5.36. The van der Waals surface area contributed by atoms with Crippen LogP contribution in [0.4, 0.5) is 5.69 Å². The average molecular weight is 325 g/mol. The molecule has 0 amide bonds. The molecule has 0 N–H and O–H groups in total. The van der Waals surface area contributed by atoms with Crippen LogP contribution in [0.2, 0.25) is 0 Å². The van der Waals surface area contributed by atoms with Crippen molar-refractivity contribution in [2.45, 2.75) is 19.8 Å². The molecule has 0 atom stereocenters. The van der Waals surface area contributed by atoms with E-state index in [9.17, 15) is 0 Å². The van der Waals surface area contributed by atoms with Gasteiger partial charge in [-0.05, 0) is 54.5 Å². The van der Waals surface area contributed by atoms with E-state index < -0.39 is 0 Å². The Hall–Kier alpha value is -2.14. The zero-order valence-electron chi connectivity index (χ0n) is 13.1. The largest absolute Gasteiger partial charge is 0.372 e. The number of thiophene rings is 1. The SMILES string of the molecule is CC1CCN(c2ccc(-c3noc(-c4ccsc4)n3)cc2)CC1. The molecule has 118 valence electrons. The predicted octanol–water partition coefficient (Wildman–Crippen LogP) is 4.70. The van der Waals surface area contributed by atoms with Gasteiger partial charge >= 0.3 is 0 Å². The molecule has 1 saturated heterocycles. The van der Waals surface area contributed by atoms with E-state index in [0.717, 1.165) is 30.1 Å². The summed E-state index contributed by atoms with van der Waals surface area (Å²) in [5.74, 6) is 2.07. The molecule has 2 aromatic heterocycles. The van der Waals surface area contributed by atoms with E-state index >= 15 is 0 Å². The second-order valence-corrected chi connectivity index (χ2v) is 6.93. The molecule has 1 aromatic carbocycles. The first kappa shape index (κ1) is 14.5. The molecule has 23 heavy (non-hydrogen) atoms. The fourth-order valence-corrected chi connectivity index (χ4v) is 3.56. The number of piperidine rings is 1. The number of benzene rings is 1. The number of hydrogen-bond acceptors (Lipinski definition) is 5. The standard InChI is InChI=1S/C18H19N3OS/c1-13-6-9-21(10-7-13)16-4-2-14(3-5-16)17-19-18(22-20-17)15-8-11-23-12-15/h2-5,8,11-13H,6-7,9-10H2,1H3. The Morgan fingerprint density at radius 2 is 1.87 bits per heavy atom. The summed E-state index contributed by atoms with van der Waals surface area (Å²) in [6.45, 7) is 4.62. The third-order valence-electron chi connectivity index (χ3n) is 4.47. The zero-order chi connectivity index (χ0) is 15.6. The number of anilines is 1. The molecule has 3 aromatic rings. The highest BCUT2D eigenvalue weighted by atomic mass is 32.1. The van der Waals surface area contributed by atoms with Crippen molar-refractivity contribution in [1.82, 2.24) is 10.1 Å². The highest BCUT2D eigenvalue weighted by Crippen LogP contribution is 2.27. The highest BCUT2D eigenvalue weighted by Gasteiger charge is 2.16. The molecule has 0 saturated carbocycles. The van der Waals surface area contributed by atoms with Crippen molar-refractivity contribution >= 4 is 17.0 Å². The lowest BCUT2D eigenvalue weighted by atomic mass is 9.98. The van der Waals surface area contributed by atoms with E-state index in [0.29, 0.717) is 11.7 Å². The molecule has 0 bridgehead atoms. The van der Waals surface area contributed by atoms with Gasteiger partial charge in [0, 0.05) is 29.7 Å². The molecular weight excluding hydrogens is 306 g/mol. The normalized spacial score (nSPS) is 16.0. The first-order valence-corrected chi connectivity index (χ1v) is 8.95. The molecule has 0 radical (unpaired) electrons. The average Bonchev–Trinajstić information content (AvgIpc) is 3.27. The third kappa shape index (κ3) is 3.01. The van der Waals surface area contributed by atoms with Gasteiger partial charge in [0.15, 0.2) is 0 Å². The smallest absolute Gasteiger partial charge is 0.259 e. The summed E-state index contributed by atoms with van der Waals surface area (Å²) in [6, 6.07) is 10.5. The van der Waals surface area contributed by atoms with E-state index in [4.69, 9.17) is 4.52 Å². The number of rotatable bonds is 3. The van der Waals surface area contributed by atoms with Gasteiger partial charge in [0.1, 0.15) is 0 Å². The Morgan fingerprint density at radius 1 is 1.09 bits per heavy atom. The maximum absolute atomic E-state index is 5.36. The highest BCUT2D eigenvalue weighted by molar-refractivity contribution is 7.08. The quantitative estimate of drug-likeness (QED) is 0.700. The Bertz CT molecular complexity index is 756. The van der Waals surface area contributed by atoms with Crippen LogP contribution in [0.3, 0.4) is 0 Å². The van der Waals surface area contributed by atoms with Crippen LogP contribution in [0.25, 0.3) is 22.8 Å². The minimum atomic E-state index is 0.579. The van der Waals surface area contributed by atoms with Gasteiger partial charge in [0.05, 0.1) is 5.56 Å². The van der Waals surface area contributed by atoms with Crippen molar-refractivity contribution in [3.8, 4) is 22.8 Å². The molecule has 0 aliphatic carbocycles. The van der Waals surface area contributed by atoms with Crippen LogP contribution in [-0.4, -0.2) is 23.2 Å². The third-order valence-corrected chi connectivity index (χ3v) is 5.15. The van der Waals surface area contributed by atoms with Crippen molar-refractivity contribution in [2.75, 3.05) is 18.0 Å². The molecular formula is C18H19N3OS. The summed E-state index contributed by atoms with van der Waals surface area (Å²) in [5.41, 5.74) is 3.25. The summed E-state index contributed by atoms with van der Waals surface area (Å²) in [7, 11) is 0. The summed E-state index contributed by atoms with van der Waals surface area (Å²) in [6.07, 6.45) is 2.55. The van der Waals surface area contributed by atoms with E-state index in [1.807, 2.05) is 16.8 Å². The van der Waals surface area contributed by atoms with Crippen LogP contribution in [0.15, 0.2) is 45.6 Å². The summed E-state index contributed by atoms with van der Waals surface area (Å²) >= 11 is 1.62. The van der Waals surface area contributed by atoms with Gasteiger partial charge in [0.25, 0.3) is 5.89 Å². The topological polar surface area (TPSA) is 42.2 Å². The zero-order valence-corrected chi connectivity index (χ0v) is 13.9. The van der Waals surface area contributed by atoms with Crippen LogP contribution < -0.4 is 4.90 Å². The fourth-order valence-electron chi connectivity index (χ4n) is 2.93. The second kappa shape index (κ2) is 6.16. The maximum atomic E-state index is 5.36. The van der Waals surface area contributed by atoms with Crippen molar-refractivity contribution in [3.05, 3.63) is 41.1 Å². The summed E-state index contributed by atoms with van der Waals surface area (Å²) in [5, 5.41) is 8.12. The van der Waals surface area contributed by atoms with Crippen LogP contribution in [0, 0.1) is 5.92 Å². The van der Waals surface area contributed by atoms with Crippen LogP contribution in [0.1, 0.15) is 19.8 Å². The van der Waals surface area contributed by atoms with Crippen molar-refractivity contribution < 1.29 is 4.52 Å². The number of nitrogens with zero attached hydrogens (tertiary/aromatic N) is 3. The Morgan fingerprint density at radius 3 is 2.57 bits per heavy atom. The van der Waals surface area contributed by atoms with Gasteiger partial charge in [-0.3, -0.25) is 0 Å². The summed E-state index contributed by atoms with van der Waals surface area (Å²) in [4.78, 5) is 6.95. The Kier molecular flexibility index (Phi) is 3.87. The van der Waals surface area contributed by atoms with Gasteiger partial charge in [-0.2, -0.15) is 16.3 Å². The van der Waals surface area contributed by atoms with Gasteiger partial charge < -0.3 is 9.42 Å². The fraction of sp³-hybridized carbons (Fsp3) is 0.333. The van der Waals surface area contributed by atoms with Crippen molar-refractivity contribution in [2.24, 2.45) is 5.92 Å². The van der Waals surface area contributed by atoms with E-state index in [1.165, 1.54) is 18.5 Å². The van der Waals surface area contributed by atoms with Gasteiger partial charge in [-0.25, -0.2) is 0 Å². The van der Waals surface area contributed by atoms with E-state index in [-0.39, 0.29) is 0 Å². The van der Waals surface area contributed by atoms with Crippen LogP contribution >= 0.6 is 11.3 Å². The molecule has 1 fully saturated rings. The molecule has 5 heteroatoms. The van der Waals surface area contributed by atoms with E-state index in [2.05, 4.69) is 46.2 Å². The van der Waals surface area contributed by atoms with Gasteiger partial charge in [-0.1, -0.05) is 12.1 Å². The number of aromatic nitrogens is 2. The molecule has 0 spiro atoms. The van der Waals surface area contributed by atoms with Crippen LogP contribution in [-0.2, 0) is 0 Å². The molecule has 3 heterocycles. The molecule has 4 nitrogen and oxygen atoms in total. The number of hydrogen-bond donors (Lipinski definition) is 0. The minimum Gasteiger partial charge on any atom is -0.372 e. The van der Waals surface area contributed by atoms with Crippen molar-refractivity contribution in [3.63, 3.8) is 0 Å². The monoisotopic (exact) mass is 325 g/mol. The lowest BCUT2D eigenvalue weighted by molar-refractivity contribution is 0.432. The first-order valence-electron chi connectivity index (χ1n) is 8.01. The Balaban J connectivity index is 1.52. The van der Waals surface area contributed by atoms with Gasteiger partial charge in [0.2, 0.25) is 5.82 Å². The van der Waals surface area contributed by atoms with Crippen LogP contribution in [0.5, 0.6) is 0 Å². The van der Waals surface area contributed by atoms with E-state index in [1.54, 1.807) is 11.3 Å². The maximum Gasteiger partial charge on any atom is 0.259 e. The van der Waals surface area contributed by atoms with Gasteiger partial charge in [-0.15, -0.1) is 0 Å². The molecule has 1 aliphatic rings. The second-order valence-electron chi connectivity index (χ2n) is 6.15.